The Balaban J connectivity index is 1.57. The SMILES string of the molecule is Oc1ccc([C@H]2Oc3ccc(/C=C\c4cc(O)cc(O)c4)cc3[C@@H]2c2cc(O)cc(O)c2)cc1. The minimum atomic E-state index is -0.431. The zero-order valence-electron chi connectivity index (χ0n) is 18.0. The van der Waals surface area contributed by atoms with Crippen molar-refractivity contribution in [2.75, 3.05) is 0 Å². The number of rotatable bonds is 4. The van der Waals surface area contributed by atoms with Crippen molar-refractivity contribution >= 4 is 12.2 Å². The number of hydrogen-bond donors (Lipinski definition) is 5. The molecule has 0 bridgehead atoms. The standard InChI is InChI=1S/C28H22O6/c29-20-6-4-18(5-7-20)28-27(19-12-23(32)15-24(33)13-19)25-11-16(3-8-26(25)34-28)1-2-17-9-21(30)14-22(31)10-17/h1-15,27-33H/b2-1-/t27-,28+/m0/s1. The van der Waals surface area contributed by atoms with E-state index < -0.39 is 6.10 Å². The molecule has 0 unspecified atom stereocenters. The van der Waals surface area contributed by atoms with Gasteiger partial charge < -0.3 is 30.3 Å². The molecule has 0 amide bonds. The largest absolute Gasteiger partial charge is 0.508 e. The molecule has 4 aromatic rings. The van der Waals surface area contributed by atoms with Crippen molar-refractivity contribution in [2.45, 2.75) is 12.0 Å². The molecule has 0 fully saturated rings. The highest BCUT2D eigenvalue weighted by atomic mass is 16.5. The molecule has 170 valence electrons. The van der Waals surface area contributed by atoms with Crippen LogP contribution in [-0.4, -0.2) is 25.5 Å². The van der Waals surface area contributed by atoms with Gasteiger partial charge in [0.15, 0.2) is 0 Å². The number of ether oxygens (including phenoxy) is 1. The predicted molar refractivity (Wildman–Crippen MR) is 128 cm³/mol. The molecule has 4 aromatic carbocycles. The van der Waals surface area contributed by atoms with E-state index in [-0.39, 0.29) is 34.7 Å². The molecule has 6 heteroatoms. The summed E-state index contributed by atoms with van der Waals surface area (Å²) in [5.41, 5.74) is 3.92. The van der Waals surface area contributed by atoms with Gasteiger partial charge in [-0.1, -0.05) is 30.4 Å². The molecular weight excluding hydrogens is 432 g/mol. The van der Waals surface area contributed by atoms with Gasteiger partial charge in [-0.25, -0.2) is 0 Å². The molecular formula is C28H22O6. The number of phenols is 5. The minimum Gasteiger partial charge on any atom is -0.508 e. The second-order valence-corrected chi connectivity index (χ2v) is 8.30. The van der Waals surface area contributed by atoms with Crippen LogP contribution in [0.15, 0.2) is 78.9 Å². The fourth-order valence-electron chi connectivity index (χ4n) is 4.37. The fourth-order valence-corrected chi connectivity index (χ4v) is 4.37. The van der Waals surface area contributed by atoms with Crippen LogP contribution >= 0.6 is 0 Å². The van der Waals surface area contributed by atoms with Crippen molar-refractivity contribution in [3.63, 3.8) is 0 Å². The first-order chi connectivity index (χ1) is 16.4. The maximum atomic E-state index is 10.1. The lowest BCUT2D eigenvalue weighted by Gasteiger charge is -2.20. The monoisotopic (exact) mass is 454 g/mol. The summed E-state index contributed by atoms with van der Waals surface area (Å²) in [6.07, 6.45) is 3.21. The lowest BCUT2D eigenvalue weighted by atomic mass is 9.84. The van der Waals surface area contributed by atoms with Gasteiger partial charge in [-0.15, -0.1) is 0 Å². The van der Waals surface area contributed by atoms with Gasteiger partial charge in [-0.3, -0.25) is 0 Å². The van der Waals surface area contributed by atoms with Crippen molar-refractivity contribution < 1.29 is 30.3 Å². The second kappa shape index (κ2) is 8.41. The lowest BCUT2D eigenvalue weighted by Crippen LogP contribution is -2.11. The van der Waals surface area contributed by atoms with Crippen LogP contribution in [0.3, 0.4) is 0 Å². The maximum Gasteiger partial charge on any atom is 0.135 e. The number of benzene rings is 4. The summed E-state index contributed by atoms with van der Waals surface area (Å²) in [5, 5.41) is 49.4. The molecule has 6 nitrogen and oxygen atoms in total. The average molecular weight is 454 g/mol. The Bertz CT molecular complexity index is 1350. The van der Waals surface area contributed by atoms with Crippen molar-refractivity contribution in [1.29, 1.82) is 0 Å². The number of aromatic hydroxyl groups is 5. The second-order valence-electron chi connectivity index (χ2n) is 8.30. The van der Waals surface area contributed by atoms with Crippen LogP contribution in [0.25, 0.3) is 12.2 Å². The van der Waals surface area contributed by atoms with Gasteiger partial charge in [0, 0.05) is 17.7 Å². The molecule has 1 heterocycles. The number of hydrogen-bond acceptors (Lipinski definition) is 6. The van der Waals surface area contributed by atoms with Gasteiger partial charge in [-0.05, 0) is 70.8 Å². The molecule has 34 heavy (non-hydrogen) atoms. The van der Waals surface area contributed by atoms with Crippen molar-refractivity contribution in [3.8, 4) is 34.5 Å². The van der Waals surface area contributed by atoms with E-state index in [2.05, 4.69) is 0 Å². The normalized spacial score (nSPS) is 16.9. The molecule has 0 aromatic heterocycles. The predicted octanol–water partition coefficient (Wildman–Crippen LogP) is 5.65. The quantitative estimate of drug-likeness (QED) is 0.255. The van der Waals surface area contributed by atoms with E-state index in [0.29, 0.717) is 16.9 Å². The Hall–Kier alpha value is -4.58. The third-order valence-corrected chi connectivity index (χ3v) is 5.82. The highest BCUT2D eigenvalue weighted by molar-refractivity contribution is 5.72. The summed E-state index contributed by atoms with van der Waals surface area (Å²) in [4.78, 5) is 0. The zero-order valence-corrected chi connectivity index (χ0v) is 18.0. The summed E-state index contributed by atoms with van der Waals surface area (Å²) in [6, 6.07) is 21.4. The Morgan fingerprint density at radius 2 is 1.12 bits per heavy atom. The van der Waals surface area contributed by atoms with Crippen LogP contribution in [0, 0.1) is 0 Å². The third kappa shape index (κ3) is 4.21. The molecule has 0 spiro atoms. The Labute approximate surface area is 195 Å². The molecule has 5 N–H and O–H groups in total. The van der Waals surface area contributed by atoms with E-state index in [0.717, 1.165) is 16.7 Å². The molecule has 0 radical (unpaired) electrons. The minimum absolute atomic E-state index is 0.0255. The summed E-state index contributed by atoms with van der Waals surface area (Å²) in [5.74, 6) is 0.357. The van der Waals surface area contributed by atoms with Crippen LogP contribution in [0.1, 0.15) is 39.8 Å². The van der Waals surface area contributed by atoms with E-state index in [4.69, 9.17) is 4.74 Å². The van der Waals surface area contributed by atoms with E-state index in [1.807, 2.05) is 24.3 Å². The van der Waals surface area contributed by atoms with Crippen LogP contribution in [-0.2, 0) is 0 Å². The topological polar surface area (TPSA) is 110 Å². The first kappa shape index (κ1) is 21.3. The fraction of sp³-hybridized carbons (Fsp3) is 0.0714. The molecule has 1 aliphatic heterocycles. The molecule has 0 saturated heterocycles. The summed E-state index contributed by atoms with van der Waals surface area (Å²) in [6.45, 7) is 0. The van der Waals surface area contributed by atoms with Crippen LogP contribution < -0.4 is 4.74 Å². The van der Waals surface area contributed by atoms with E-state index in [1.54, 1.807) is 54.6 Å². The number of fused-ring (bicyclic) bond motifs is 1. The first-order valence-corrected chi connectivity index (χ1v) is 10.7. The third-order valence-electron chi connectivity index (χ3n) is 5.82. The summed E-state index contributed by atoms with van der Waals surface area (Å²) < 4.78 is 6.29. The van der Waals surface area contributed by atoms with Crippen molar-refractivity contribution in [1.82, 2.24) is 0 Å². The highest BCUT2D eigenvalue weighted by Crippen LogP contribution is 2.51. The van der Waals surface area contributed by atoms with E-state index in [1.165, 1.54) is 12.1 Å². The number of phenolic OH excluding ortho intramolecular Hbond substituents is 5. The van der Waals surface area contributed by atoms with Gasteiger partial charge in [0.1, 0.15) is 40.6 Å². The van der Waals surface area contributed by atoms with Crippen LogP contribution in [0.2, 0.25) is 0 Å². The Kier molecular flexibility index (Phi) is 5.26. The van der Waals surface area contributed by atoms with Crippen LogP contribution in [0.5, 0.6) is 34.5 Å². The molecule has 0 aliphatic carbocycles. The molecule has 5 rings (SSSR count). The molecule has 2 atom stereocenters. The van der Waals surface area contributed by atoms with Gasteiger partial charge in [-0.2, -0.15) is 0 Å². The smallest absolute Gasteiger partial charge is 0.135 e. The Morgan fingerprint density at radius 3 is 1.76 bits per heavy atom. The average Bonchev–Trinajstić information content (AvgIpc) is 3.15. The van der Waals surface area contributed by atoms with Gasteiger partial charge in [0.25, 0.3) is 0 Å². The molecule has 0 saturated carbocycles. The maximum absolute atomic E-state index is 10.1. The van der Waals surface area contributed by atoms with Gasteiger partial charge in [0.05, 0.1) is 5.92 Å². The zero-order chi connectivity index (χ0) is 23.8. The van der Waals surface area contributed by atoms with E-state index in [9.17, 15) is 25.5 Å². The Morgan fingerprint density at radius 1 is 0.529 bits per heavy atom. The van der Waals surface area contributed by atoms with Crippen molar-refractivity contribution in [2.24, 2.45) is 0 Å². The van der Waals surface area contributed by atoms with Gasteiger partial charge >= 0.3 is 0 Å². The van der Waals surface area contributed by atoms with Crippen molar-refractivity contribution in [3.05, 3.63) is 107 Å². The van der Waals surface area contributed by atoms with Crippen LogP contribution in [0.4, 0.5) is 0 Å². The highest BCUT2D eigenvalue weighted by Gasteiger charge is 2.37. The van der Waals surface area contributed by atoms with Gasteiger partial charge in [0.2, 0.25) is 0 Å². The first-order valence-electron chi connectivity index (χ1n) is 10.7. The van der Waals surface area contributed by atoms with E-state index >= 15 is 0 Å². The summed E-state index contributed by atoms with van der Waals surface area (Å²) >= 11 is 0. The summed E-state index contributed by atoms with van der Waals surface area (Å²) in [7, 11) is 0. The molecule has 1 aliphatic rings. The lowest BCUT2D eigenvalue weighted by molar-refractivity contribution is 0.222.